The molecule has 3 heterocycles. The minimum atomic E-state index is -0.774. The number of carbonyl (C=O) groups excluding carboxylic acids is 1. The molecule has 0 radical (unpaired) electrons. The minimum absolute atomic E-state index is 0.122. The fraction of sp³-hybridized carbons (Fsp3) is 0.500. The fourth-order valence-electron chi connectivity index (χ4n) is 6.41. The van der Waals surface area contributed by atoms with Gasteiger partial charge in [0.25, 0.3) is 0 Å². The lowest BCUT2D eigenvalue weighted by molar-refractivity contribution is -0.612. The lowest BCUT2D eigenvalue weighted by atomic mass is 9.85. The number of nitrogens with zero attached hydrogens (tertiary/aromatic N) is 3. The third-order valence-electron chi connectivity index (χ3n) is 8.57. The van der Waals surface area contributed by atoms with E-state index >= 15 is 0 Å². The van der Waals surface area contributed by atoms with E-state index in [4.69, 9.17) is 4.98 Å². The predicted octanol–water partition coefficient (Wildman–Crippen LogP) is 7.14. The maximum Gasteiger partial charge on any atom is 0.234 e. The number of aromatic nitrogens is 3. The summed E-state index contributed by atoms with van der Waals surface area (Å²) in [5.41, 5.74) is 8.79. The largest absolute Gasteiger partial charge is 0.619 e. The first-order chi connectivity index (χ1) is 21.2. The summed E-state index contributed by atoms with van der Waals surface area (Å²) in [4.78, 5) is 24.7. The third-order valence-corrected chi connectivity index (χ3v) is 8.57. The van der Waals surface area contributed by atoms with Gasteiger partial charge in [0, 0.05) is 44.1 Å². The molecule has 0 saturated carbocycles. The lowest BCUT2D eigenvalue weighted by Gasteiger charge is -2.34. The predicted molar refractivity (Wildman–Crippen MR) is 185 cm³/mol. The SMILES string of the molecule is Cc1cc(C)cc(-c2[nH]c3cnc(C(C)(C)C(=O)N(CC(C)C)CC(C)C)cc3c2C(C)CNCCc2cc[n+]([O-])c(C)c2)c1. The molecule has 1 amide bonds. The number of carbonyl (C=O) groups is 1. The van der Waals surface area contributed by atoms with Gasteiger partial charge < -0.3 is 20.4 Å². The number of benzene rings is 1. The highest BCUT2D eigenvalue weighted by Crippen LogP contribution is 2.38. The summed E-state index contributed by atoms with van der Waals surface area (Å²) >= 11 is 0. The van der Waals surface area contributed by atoms with Crippen molar-refractivity contribution >= 4 is 16.8 Å². The first kappa shape index (κ1) is 34.2. The topological polar surface area (TPSA) is 88.0 Å². The van der Waals surface area contributed by atoms with Crippen LogP contribution in [0.3, 0.4) is 0 Å². The molecule has 1 atom stereocenters. The molecule has 7 heteroatoms. The molecule has 0 aliphatic carbocycles. The zero-order valence-electron chi connectivity index (χ0n) is 29.0. The van der Waals surface area contributed by atoms with Crippen LogP contribution >= 0.6 is 0 Å². The Hall–Kier alpha value is -3.71. The first-order valence-corrected chi connectivity index (χ1v) is 16.5. The van der Waals surface area contributed by atoms with E-state index in [9.17, 15) is 10.0 Å². The van der Waals surface area contributed by atoms with Crippen molar-refractivity contribution in [3.8, 4) is 11.3 Å². The van der Waals surface area contributed by atoms with E-state index < -0.39 is 5.41 Å². The Morgan fingerprint density at radius 1 is 1.00 bits per heavy atom. The van der Waals surface area contributed by atoms with Crippen LogP contribution in [0, 0.1) is 37.8 Å². The molecule has 242 valence electrons. The van der Waals surface area contributed by atoms with Crippen molar-refractivity contribution in [1.29, 1.82) is 0 Å². The molecule has 0 fully saturated rings. The smallest absolute Gasteiger partial charge is 0.234 e. The highest BCUT2D eigenvalue weighted by molar-refractivity contribution is 5.93. The van der Waals surface area contributed by atoms with Crippen LogP contribution in [-0.4, -0.2) is 47.0 Å². The standard InChI is InChI=1S/C38H53N5O2/c1-24(2)22-42(23-25(3)4)37(44)38(9,10)34-19-32-33(21-40-34)41-36(31-16-26(5)15-27(6)17-31)35(32)28(7)20-39-13-11-30-12-14-43(45)29(8)18-30/h12,14-19,21,24-25,28,39,41H,11,13,20,22-23H2,1-10H3. The van der Waals surface area contributed by atoms with Crippen molar-refractivity contribution in [2.45, 2.75) is 87.0 Å². The number of aryl methyl sites for hydroxylation is 3. The average Bonchev–Trinajstić information content (AvgIpc) is 3.34. The second kappa shape index (κ2) is 14.2. The van der Waals surface area contributed by atoms with Crippen LogP contribution in [-0.2, 0) is 16.6 Å². The maximum atomic E-state index is 14.1. The Morgan fingerprint density at radius 3 is 2.24 bits per heavy atom. The van der Waals surface area contributed by atoms with Crippen molar-refractivity contribution in [3.63, 3.8) is 0 Å². The Morgan fingerprint density at radius 2 is 1.64 bits per heavy atom. The Labute approximate surface area is 270 Å². The third kappa shape index (κ3) is 8.12. The van der Waals surface area contributed by atoms with Gasteiger partial charge in [-0.1, -0.05) is 51.8 Å². The van der Waals surface area contributed by atoms with Crippen molar-refractivity contribution in [2.75, 3.05) is 26.2 Å². The molecule has 7 nitrogen and oxygen atoms in total. The average molecular weight is 612 g/mol. The van der Waals surface area contributed by atoms with E-state index in [-0.39, 0.29) is 11.8 Å². The fourth-order valence-corrected chi connectivity index (χ4v) is 6.41. The molecule has 0 spiro atoms. The van der Waals surface area contributed by atoms with Crippen LogP contribution < -0.4 is 10.0 Å². The van der Waals surface area contributed by atoms with E-state index in [1.165, 1.54) is 16.7 Å². The molecular formula is C38H53N5O2. The normalized spacial score (nSPS) is 12.8. The highest BCUT2D eigenvalue weighted by Gasteiger charge is 2.36. The summed E-state index contributed by atoms with van der Waals surface area (Å²) < 4.78 is 0.898. The molecule has 45 heavy (non-hydrogen) atoms. The summed E-state index contributed by atoms with van der Waals surface area (Å²) in [6, 6.07) is 12.7. The van der Waals surface area contributed by atoms with Gasteiger partial charge >= 0.3 is 0 Å². The van der Waals surface area contributed by atoms with Gasteiger partial charge in [-0.2, -0.15) is 4.73 Å². The van der Waals surface area contributed by atoms with Crippen LogP contribution in [0.25, 0.3) is 22.2 Å². The Balaban J connectivity index is 1.70. The number of H-pyrrole nitrogens is 1. The van der Waals surface area contributed by atoms with E-state index in [2.05, 4.69) is 83.0 Å². The number of rotatable bonds is 13. The summed E-state index contributed by atoms with van der Waals surface area (Å²) in [6.07, 6.45) is 4.34. The van der Waals surface area contributed by atoms with Gasteiger partial charge in [0.1, 0.15) is 0 Å². The molecule has 1 unspecified atom stereocenters. The zero-order chi connectivity index (χ0) is 33.1. The molecule has 0 aliphatic rings. The van der Waals surface area contributed by atoms with Gasteiger partial charge in [0.15, 0.2) is 11.9 Å². The van der Waals surface area contributed by atoms with Crippen molar-refractivity contribution in [1.82, 2.24) is 20.2 Å². The van der Waals surface area contributed by atoms with Gasteiger partial charge in [-0.3, -0.25) is 9.78 Å². The zero-order valence-corrected chi connectivity index (χ0v) is 29.0. The van der Waals surface area contributed by atoms with Gasteiger partial charge in [0.05, 0.1) is 28.5 Å². The number of hydrogen-bond donors (Lipinski definition) is 2. The molecule has 0 aliphatic heterocycles. The van der Waals surface area contributed by atoms with Crippen molar-refractivity contribution in [2.24, 2.45) is 11.8 Å². The Kier molecular flexibility index (Phi) is 10.7. The summed E-state index contributed by atoms with van der Waals surface area (Å²) in [6.45, 7) is 24.1. The van der Waals surface area contributed by atoms with Gasteiger partial charge in [-0.05, 0) is 93.3 Å². The number of fused-ring (bicyclic) bond motifs is 1. The van der Waals surface area contributed by atoms with Gasteiger partial charge in [-0.25, -0.2) is 0 Å². The molecule has 1 aromatic carbocycles. The number of amides is 1. The number of aromatic amines is 1. The van der Waals surface area contributed by atoms with E-state index in [0.29, 0.717) is 17.5 Å². The lowest BCUT2D eigenvalue weighted by Crippen LogP contribution is -2.46. The van der Waals surface area contributed by atoms with E-state index in [1.807, 2.05) is 44.0 Å². The second-order valence-electron chi connectivity index (χ2n) is 14.4. The molecular weight excluding hydrogens is 558 g/mol. The van der Waals surface area contributed by atoms with Crippen molar-refractivity contribution < 1.29 is 9.52 Å². The maximum absolute atomic E-state index is 14.1. The molecule has 4 aromatic rings. The molecule has 4 rings (SSSR count). The minimum Gasteiger partial charge on any atom is -0.619 e. The summed E-state index contributed by atoms with van der Waals surface area (Å²) in [5, 5.41) is 16.5. The molecule has 3 aromatic heterocycles. The van der Waals surface area contributed by atoms with Crippen molar-refractivity contribution in [3.05, 3.63) is 87.6 Å². The molecule has 0 bridgehead atoms. The van der Waals surface area contributed by atoms with E-state index in [0.717, 1.165) is 70.7 Å². The summed E-state index contributed by atoms with van der Waals surface area (Å²) in [5.74, 6) is 1.08. The summed E-state index contributed by atoms with van der Waals surface area (Å²) in [7, 11) is 0. The first-order valence-electron chi connectivity index (χ1n) is 16.5. The quantitative estimate of drug-likeness (QED) is 0.0956. The number of hydrogen-bond acceptors (Lipinski definition) is 4. The van der Waals surface area contributed by atoms with Crippen LogP contribution in [0.2, 0.25) is 0 Å². The number of nitrogens with one attached hydrogen (secondary N) is 2. The van der Waals surface area contributed by atoms with Crippen LogP contribution in [0.4, 0.5) is 0 Å². The monoisotopic (exact) mass is 611 g/mol. The van der Waals surface area contributed by atoms with Gasteiger partial charge in [0.2, 0.25) is 5.91 Å². The van der Waals surface area contributed by atoms with Gasteiger partial charge in [-0.15, -0.1) is 0 Å². The van der Waals surface area contributed by atoms with Crippen LogP contribution in [0.1, 0.15) is 88.0 Å². The van der Waals surface area contributed by atoms with Crippen LogP contribution in [0.15, 0.2) is 48.8 Å². The molecule has 0 saturated heterocycles. The highest BCUT2D eigenvalue weighted by atomic mass is 16.5. The number of pyridine rings is 2. The van der Waals surface area contributed by atoms with Crippen LogP contribution in [0.5, 0.6) is 0 Å². The van der Waals surface area contributed by atoms with E-state index in [1.54, 1.807) is 6.20 Å². The molecule has 2 N–H and O–H groups in total. The second-order valence-corrected chi connectivity index (χ2v) is 14.4. The Bertz CT molecular complexity index is 1600.